The zero-order valence-corrected chi connectivity index (χ0v) is 13.7. The van der Waals surface area contributed by atoms with E-state index in [2.05, 4.69) is 6.92 Å². The number of likely N-dealkylation sites (N-methyl/N-ethyl adjacent to an activating group) is 1. The Morgan fingerprint density at radius 2 is 1.86 bits per heavy atom. The first kappa shape index (κ1) is 20.2. The lowest BCUT2D eigenvalue weighted by Crippen LogP contribution is -2.43. The number of hydrogen-bond donors (Lipinski definition) is 2. The minimum atomic E-state index is -1.18. The molecule has 1 unspecified atom stereocenters. The predicted octanol–water partition coefficient (Wildman–Crippen LogP) is 1.99. The number of nitrogens with zero attached hydrogens (tertiary/aromatic N) is 1. The standard InChI is InChI=1S/C15H28N2O5/c1-4-6-7-11(5-2)10-22-15(21)17(3)12(14(19)20)8-9-13(16)18/h11-12H,4-10H2,1-3H3,(H2,16,18)(H,19,20)/t11?,12-/m0/s1. The number of carbonyl (C=O) groups is 3. The van der Waals surface area contributed by atoms with Gasteiger partial charge in [-0.1, -0.05) is 33.1 Å². The topological polar surface area (TPSA) is 110 Å². The lowest BCUT2D eigenvalue weighted by atomic mass is 10.0. The van der Waals surface area contributed by atoms with E-state index < -0.39 is 24.0 Å². The molecule has 0 saturated heterocycles. The minimum Gasteiger partial charge on any atom is -0.480 e. The number of nitrogens with two attached hydrogens (primary N) is 1. The maximum atomic E-state index is 12.0. The average Bonchev–Trinajstić information content (AvgIpc) is 2.46. The molecule has 0 aliphatic heterocycles. The van der Waals surface area contributed by atoms with E-state index in [1.807, 2.05) is 6.92 Å². The molecule has 0 aromatic carbocycles. The molecule has 3 N–H and O–H groups in total. The van der Waals surface area contributed by atoms with E-state index in [-0.39, 0.29) is 25.4 Å². The lowest BCUT2D eigenvalue weighted by molar-refractivity contribution is -0.142. The Bertz CT molecular complexity index is 373. The zero-order valence-electron chi connectivity index (χ0n) is 13.7. The first-order valence-corrected chi connectivity index (χ1v) is 7.74. The summed E-state index contributed by atoms with van der Waals surface area (Å²) in [5.41, 5.74) is 5.01. The summed E-state index contributed by atoms with van der Waals surface area (Å²) in [6.45, 7) is 4.41. The Labute approximate surface area is 131 Å². The molecule has 7 nitrogen and oxygen atoms in total. The van der Waals surface area contributed by atoms with Crippen LogP contribution in [0.25, 0.3) is 0 Å². The van der Waals surface area contributed by atoms with Crippen LogP contribution < -0.4 is 5.73 Å². The number of carboxylic acids is 1. The number of unbranched alkanes of at least 4 members (excludes halogenated alkanes) is 1. The van der Waals surface area contributed by atoms with Crippen molar-refractivity contribution in [3.05, 3.63) is 0 Å². The van der Waals surface area contributed by atoms with Crippen molar-refractivity contribution < 1.29 is 24.2 Å². The van der Waals surface area contributed by atoms with Crippen molar-refractivity contribution in [1.82, 2.24) is 4.90 Å². The molecule has 22 heavy (non-hydrogen) atoms. The number of amides is 2. The number of hydrogen-bond acceptors (Lipinski definition) is 4. The van der Waals surface area contributed by atoms with Crippen LogP contribution in [-0.4, -0.2) is 47.7 Å². The van der Waals surface area contributed by atoms with Gasteiger partial charge in [-0.3, -0.25) is 9.69 Å². The number of ether oxygens (including phenoxy) is 1. The number of rotatable bonds is 11. The maximum Gasteiger partial charge on any atom is 0.410 e. The van der Waals surface area contributed by atoms with Gasteiger partial charge in [-0.2, -0.15) is 0 Å². The molecule has 0 aliphatic rings. The summed E-state index contributed by atoms with van der Waals surface area (Å²) in [5.74, 6) is -1.50. The summed E-state index contributed by atoms with van der Waals surface area (Å²) in [4.78, 5) is 34.9. The molecule has 0 saturated carbocycles. The zero-order chi connectivity index (χ0) is 17.1. The molecule has 0 aromatic rings. The van der Waals surface area contributed by atoms with E-state index in [1.165, 1.54) is 7.05 Å². The summed E-state index contributed by atoms with van der Waals surface area (Å²) in [5, 5.41) is 9.14. The van der Waals surface area contributed by atoms with Gasteiger partial charge in [0.2, 0.25) is 5.91 Å². The minimum absolute atomic E-state index is 0.0245. The molecule has 0 radical (unpaired) electrons. The molecule has 7 heteroatoms. The van der Waals surface area contributed by atoms with Crippen molar-refractivity contribution in [3.8, 4) is 0 Å². The van der Waals surface area contributed by atoms with Gasteiger partial charge in [-0.05, 0) is 18.8 Å². The van der Waals surface area contributed by atoms with Crippen molar-refractivity contribution in [2.75, 3.05) is 13.7 Å². The second-order valence-electron chi connectivity index (χ2n) is 5.46. The van der Waals surface area contributed by atoms with Crippen molar-refractivity contribution in [1.29, 1.82) is 0 Å². The summed E-state index contributed by atoms with van der Waals surface area (Å²) in [7, 11) is 1.36. The van der Waals surface area contributed by atoms with E-state index in [4.69, 9.17) is 15.6 Å². The molecule has 2 amide bonds. The van der Waals surface area contributed by atoms with Crippen molar-refractivity contribution in [3.63, 3.8) is 0 Å². The Morgan fingerprint density at radius 1 is 1.23 bits per heavy atom. The molecule has 2 atom stereocenters. The number of primary amides is 1. The first-order chi connectivity index (χ1) is 10.3. The van der Waals surface area contributed by atoms with Gasteiger partial charge in [-0.25, -0.2) is 9.59 Å². The van der Waals surface area contributed by atoms with E-state index in [1.54, 1.807) is 0 Å². The van der Waals surface area contributed by atoms with Crippen LogP contribution in [0.2, 0.25) is 0 Å². The van der Waals surface area contributed by atoms with Crippen molar-refractivity contribution in [2.45, 2.75) is 58.4 Å². The molecule has 0 heterocycles. The monoisotopic (exact) mass is 316 g/mol. The predicted molar refractivity (Wildman–Crippen MR) is 82.3 cm³/mol. The van der Waals surface area contributed by atoms with Crippen LogP contribution in [0.1, 0.15) is 52.4 Å². The van der Waals surface area contributed by atoms with Gasteiger partial charge in [0.15, 0.2) is 0 Å². The SMILES string of the molecule is CCCCC(CC)COC(=O)N(C)[C@@H](CCC(N)=O)C(=O)O. The van der Waals surface area contributed by atoms with Crippen LogP contribution in [0.3, 0.4) is 0 Å². The molecule has 0 aromatic heterocycles. The number of carboxylic acid groups (broad SMARTS) is 1. The lowest BCUT2D eigenvalue weighted by Gasteiger charge is -2.25. The highest BCUT2D eigenvalue weighted by molar-refractivity contribution is 5.81. The highest BCUT2D eigenvalue weighted by Gasteiger charge is 2.28. The molecular weight excluding hydrogens is 288 g/mol. The fourth-order valence-corrected chi connectivity index (χ4v) is 2.08. The molecule has 0 bridgehead atoms. The quantitative estimate of drug-likeness (QED) is 0.605. The second kappa shape index (κ2) is 10.9. The first-order valence-electron chi connectivity index (χ1n) is 7.74. The van der Waals surface area contributed by atoms with Crippen LogP contribution in [0, 0.1) is 5.92 Å². The second-order valence-corrected chi connectivity index (χ2v) is 5.46. The normalized spacial score (nSPS) is 13.2. The number of carbonyl (C=O) groups excluding carboxylic acids is 2. The largest absolute Gasteiger partial charge is 0.480 e. The van der Waals surface area contributed by atoms with E-state index in [9.17, 15) is 14.4 Å². The Kier molecular flexibility index (Phi) is 9.98. The van der Waals surface area contributed by atoms with Crippen LogP contribution in [0.5, 0.6) is 0 Å². The van der Waals surface area contributed by atoms with Crippen LogP contribution >= 0.6 is 0 Å². The molecule has 0 aliphatic carbocycles. The van der Waals surface area contributed by atoms with Crippen LogP contribution in [0.4, 0.5) is 4.79 Å². The highest BCUT2D eigenvalue weighted by Crippen LogP contribution is 2.14. The van der Waals surface area contributed by atoms with Crippen molar-refractivity contribution >= 4 is 18.0 Å². The van der Waals surface area contributed by atoms with Gasteiger partial charge in [0, 0.05) is 13.5 Å². The third-order valence-corrected chi connectivity index (χ3v) is 3.69. The Balaban J connectivity index is 4.46. The third kappa shape index (κ3) is 7.85. The third-order valence-electron chi connectivity index (χ3n) is 3.69. The van der Waals surface area contributed by atoms with Gasteiger partial charge < -0.3 is 15.6 Å². The van der Waals surface area contributed by atoms with Crippen LogP contribution in [-0.2, 0) is 14.3 Å². The van der Waals surface area contributed by atoms with Gasteiger partial charge in [-0.15, -0.1) is 0 Å². The molecule has 128 valence electrons. The van der Waals surface area contributed by atoms with Gasteiger partial charge in [0.1, 0.15) is 6.04 Å². The summed E-state index contributed by atoms with van der Waals surface area (Å²) in [6, 6.07) is -1.12. The fourth-order valence-electron chi connectivity index (χ4n) is 2.08. The highest BCUT2D eigenvalue weighted by atomic mass is 16.6. The summed E-state index contributed by atoms with van der Waals surface area (Å²) < 4.78 is 5.20. The van der Waals surface area contributed by atoms with Gasteiger partial charge in [0.25, 0.3) is 0 Å². The fraction of sp³-hybridized carbons (Fsp3) is 0.800. The Hall–Kier alpha value is -1.79. The molecule has 0 rings (SSSR count). The molecule has 0 spiro atoms. The smallest absolute Gasteiger partial charge is 0.410 e. The average molecular weight is 316 g/mol. The molecule has 0 fully saturated rings. The van der Waals surface area contributed by atoms with Crippen molar-refractivity contribution in [2.24, 2.45) is 11.7 Å². The summed E-state index contributed by atoms with van der Waals surface area (Å²) in [6.07, 6.45) is 3.23. The Morgan fingerprint density at radius 3 is 2.32 bits per heavy atom. The number of aliphatic carboxylic acids is 1. The van der Waals surface area contributed by atoms with E-state index in [0.717, 1.165) is 30.6 Å². The van der Waals surface area contributed by atoms with E-state index in [0.29, 0.717) is 0 Å². The van der Waals surface area contributed by atoms with Crippen LogP contribution in [0.15, 0.2) is 0 Å². The summed E-state index contributed by atoms with van der Waals surface area (Å²) >= 11 is 0. The van der Waals surface area contributed by atoms with E-state index >= 15 is 0 Å². The maximum absolute atomic E-state index is 12.0. The van der Waals surface area contributed by atoms with Gasteiger partial charge in [0.05, 0.1) is 6.61 Å². The molecular formula is C15H28N2O5. The van der Waals surface area contributed by atoms with Gasteiger partial charge >= 0.3 is 12.1 Å².